The Hall–Kier alpha value is -4.95. The van der Waals surface area contributed by atoms with E-state index in [0.717, 1.165) is 38.2 Å². The van der Waals surface area contributed by atoms with E-state index in [1.807, 2.05) is 36.4 Å². The molecule has 7 nitrogen and oxygen atoms in total. The Kier molecular flexibility index (Phi) is 7.94. The van der Waals surface area contributed by atoms with Gasteiger partial charge in [-0.3, -0.25) is 9.59 Å². The van der Waals surface area contributed by atoms with Gasteiger partial charge in [0.05, 0.1) is 17.3 Å². The minimum absolute atomic E-state index is 0.0467. The van der Waals surface area contributed by atoms with Crippen LogP contribution in [0.5, 0.6) is 0 Å². The Morgan fingerprint density at radius 3 is 2.51 bits per heavy atom. The number of fused-ring (bicyclic) bond motifs is 3. The summed E-state index contributed by atoms with van der Waals surface area (Å²) in [5.41, 5.74) is 4.60. The zero-order chi connectivity index (χ0) is 29.9. The van der Waals surface area contributed by atoms with E-state index in [2.05, 4.69) is 15.6 Å². The Bertz CT molecular complexity index is 1840. The molecule has 4 aromatic carbocycles. The molecule has 216 valence electrons. The van der Waals surface area contributed by atoms with Gasteiger partial charge in [-0.25, -0.2) is 14.1 Å². The van der Waals surface area contributed by atoms with Gasteiger partial charge in [0.25, 0.3) is 5.91 Å². The van der Waals surface area contributed by atoms with Gasteiger partial charge in [0.15, 0.2) is 0 Å². The fraction of sp³-hybridized carbons (Fsp3) is 0.147. The van der Waals surface area contributed by atoms with Crippen LogP contribution in [0.1, 0.15) is 45.2 Å². The van der Waals surface area contributed by atoms with Crippen molar-refractivity contribution >= 4 is 46.0 Å². The molecule has 3 N–H and O–H groups in total. The standard InChI is InChI=1S/C34H28ClFN4O3/c35-23-7-5-6-22(20-23)31-32-26(25-8-1-3-10-28(25)38-32)16-17-30(41)40(34(43)39-31)29-11-4-2-9-27(29)33(42)37-19-18-21-12-14-24(36)15-13-21/h1-15,20,31,38H,16-19H2,(H,37,42)(H,39,43)/t31-/m1/s1. The number of carbonyl (C=O) groups excluding carboxylic acids is 3. The van der Waals surface area contributed by atoms with E-state index < -0.39 is 23.9 Å². The molecule has 1 aromatic heterocycles. The number of nitrogens with one attached hydrogen (secondary N) is 3. The first-order valence-electron chi connectivity index (χ1n) is 14.0. The number of aromatic amines is 1. The predicted octanol–water partition coefficient (Wildman–Crippen LogP) is 6.71. The number of rotatable bonds is 6. The van der Waals surface area contributed by atoms with Crippen molar-refractivity contribution in [3.05, 3.63) is 136 Å². The average Bonchev–Trinajstić information content (AvgIpc) is 3.39. The van der Waals surface area contributed by atoms with E-state index >= 15 is 0 Å². The van der Waals surface area contributed by atoms with Gasteiger partial charge in [-0.15, -0.1) is 0 Å². The lowest BCUT2D eigenvalue weighted by atomic mass is 9.97. The minimum atomic E-state index is -0.659. The maximum Gasteiger partial charge on any atom is 0.329 e. The van der Waals surface area contributed by atoms with E-state index in [1.54, 1.807) is 48.5 Å². The molecule has 0 bridgehead atoms. The number of imide groups is 1. The number of anilines is 1. The molecule has 0 radical (unpaired) electrons. The number of hydrogen-bond donors (Lipinski definition) is 3. The van der Waals surface area contributed by atoms with Crippen molar-refractivity contribution in [3.8, 4) is 0 Å². The number of H-pyrrole nitrogens is 1. The summed E-state index contributed by atoms with van der Waals surface area (Å²) in [6.45, 7) is 0.289. The minimum Gasteiger partial charge on any atom is -0.356 e. The zero-order valence-electron chi connectivity index (χ0n) is 23.1. The van der Waals surface area contributed by atoms with Gasteiger partial charge in [0.1, 0.15) is 5.82 Å². The van der Waals surface area contributed by atoms with Crippen molar-refractivity contribution < 1.29 is 18.8 Å². The monoisotopic (exact) mass is 594 g/mol. The SMILES string of the molecule is O=C(NCCc1ccc(F)cc1)c1ccccc1N1C(=O)CCc2c([nH]c3ccccc23)[C@@H](c2cccc(Cl)c2)NC1=O. The number of benzene rings is 4. The van der Waals surface area contributed by atoms with Gasteiger partial charge in [0, 0.05) is 34.6 Å². The van der Waals surface area contributed by atoms with Crippen LogP contribution in [0.25, 0.3) is 10.9 Å². The van der Waals surface area contributed by atoms with E-state index in [1.165, 1.54) is 12.1 Å². The number of amides is 4. The highest BCUT2D eigenvalue weighted by atomic mass is 35.5. The maximum atomic E-state index is 14.0. The largest absolute Gasteiger partial charge is 0.356 e. The quantitative estimate of drug-likeness (QED) is 0.204. The number of nitrogens with zero attached hydrogens (tertiary/aromatic N) is 1. The number of halogens is 2. The Morgan fingerprint density at radius 2 is 1.70 bits per heavy atom. The van der Waals surface area contributed by atoms with Crippen LogP contribution in [0, 0.1) is 5.82 Å². The van der Waals surface area contributed by atoms with Crippen LogP contribution in [0.2, 0.25) is 5.02 Å². The summed E-state index contributed by atoms with van der Waals surface area (Å²) in [5, 5.41) is 7.40. The molecule has 0 spiro atoms. The van der Waals surface area contributed by atoms with Gasteiger partial charge in [0.2, 0.25) is 5.91 Å². The second kappa shape index (κ2) is 12.1. The van der Waals surface area contributed by atoms with Crippen LogP contribution >= 0.6 is 11.6 Å². The highest BCUT2D eigenvalue weighted by molar-refractivity contribution is 6.30. The van der Waals surface area contributed by atoms with Crippen molar-refractivity contribution in [2.24, 2.45) is 0 Å². The van der Waals surface area contributed by atoms with Crippen LogP contribution in [0.4, 0.5) is 14.9 Å². The van der Waals surface area contributed by atoms with E-state index in [-0.39, 0.29) is 30.0 Å². The van der Waals surface area contributed by atoms with Gasteiger partial charge < -0.3 is 15.6 Å². The zero-order valence-corrected chi connectivity index (χ0v) is 23.8. The predicted molar refractivity (Wildman–Crippen MR) is 165 cm³/mol. The van der Waals surface area contributed by atoms with E-state index in [4.69, 9.17) is 11.6 Å². The van der Waals surface area contributed by atoms with Crippen LogP contribution < -0.4 is 15.5 Å². The van der Waals surface area contributed by atoms with Gasteiger partial charge in [-0.1, -0.05) is 66.2 Å². The summed E-state index contributed by atoms with van der Waals surface area (Å²) in [5.74, 6) is -1.19. The van der Waals surface area contributed by atoms with Gasteiger partial charge >= 0.3 is 6.03 Å². The third-order valence-corrected chi connectivity index (χ3v) is 7.86. The molecule has 9 heteroatoms. The molecule has 1 aliphatic heterocycles. The first kappa shape index (κ1) is 28.2. The summed E-state index contributed by atoms with van der Waals surface area (Å²) in [6, 6.07) is 26.4. The summed E-state index contributed by atoms with van der Waals surface area (Å²) < 4.78 is 13.2. The lowest BCUT2D eigenvalue weighted by Gasteiger charge is -2.26. The molecule has 43 heavy (non-hydrogen) atoms. The molecule has 1 aliphatic rings. The third kappa shape index (κ3) is 5.87. The molecule has 6 rings (SSSR count). The molecule has 5 aromatic rings. The van der Waals surface area contributed by atoms with Crippen LogP contribution in [0.3, 0.4) is 0 Å². The van der Waals surface area contributed by atoms with Gasteiger partial charge in [-0.2, -0.15) is 0 Å². The number of hydrogen-bond acceptors (Lipinski definition) is 3. The Morgan fingerprint density at radius 1 is 0.930 bits per heavy atom. The smallest absolute Gasteiger partial charge is 0.329 e. The van der Waals surface area contributed by atoms with E-state index in [0.29, 0.717) is 17.9 Å². The Balaban J connectivity index is 1.33. The highest BCUT2D eigenvalue weighted by Gasteiger charge is 2.33. The molecule has 0 saturated carbocycles. The normalized spacial score (nSPS) is 15.3. The molecule has 0 unspecified atom stereocenters. The third-order valence-electron chi connectivity index (χ3n) is 7.63. The topological polar surface area (TPSA) is 94.3 Å². The summed E-state index contributed by atoms with van der Waals surface area (Å²) in [4.78, 5) is 45.6. The first-order chi connectivity index (χ1) is 20.9. The molecule has 2 heterocycles. The fourth-order valence-electron chi connectivity index (χ4n) is 5.56. The lowest BCUT2D eigenvalue weighted by molar-refractivity contribution is -0.117. The number of urea groups is 1. The van der Waals surface area contributed by atoms with Crippen LogP contribution in [0.15, 0.2) is 97.1 Å². The molecular weight excluding hydrogens is 567 g/mol. The molecule has 1 atom stereocenters. The highest BCUT2D eigenvalue weighted by Crippen LogP contribution is 2.34. The Labute approximate surface area is 252 Å². The fourth-order valence-corrected chi connectivity index (χ4v) is 5.76. The van der Waals surface area contributed by atoms with E-state index in [9.17, 15) is 18.8 Å². The summed E-state index contributed by atoms with van der Waals surface area (Å²) >= 11 is 6.35. The molecule has 4 amide bonds. The molecule has 0 saturated heterocycles. The van der Waals surface area contributed by atoms with Crippen molar-refractivity contribution in [2.45, 2.75) is 25.3 Å². The first-order valence-corrected chi connectivity index (χ1v) is 14.4. The van der Waals surface area contributed by atoms with Crippen molar-refractivity contribution in [1.29, 1.82) is 0 Å². The summed E-state index contributed by atoms with van der Waals surface area (Å²) in [7, 11) is 0. The van der Waals surface area contributed by atoms with Crippen molar-refractivity contribution in [1.82, 2.24) is 15.6 Å². The molecule has 0 aliphatic carbocycles. The average molecular weight is 595 g/mol. The second-order valence-corrected chi connectivity index (χ2v) is 10.8. The van der Waals surface area contributed by atoms with Crippen molar-refractivity contribution in [2.75, 3.05) is 11.4 Å². The summed E-state index contributed by atoms with van der Waals surface area (Å²) in [6.07, 6.45) is 0.919. The molecule has 0 fully saturated rings. The number of para-hydroxylation sites is 2. The van der Waals surface area contributed by atoms with Crippen molar-refractivity contribution in [3.63, 3.8) is 0 Å². The second-order valence-electron chi connectivity index (χ2n) is 10.4. The number of aromatic nitrogens is 1. The molecular formula is C34H28ClFN4O3. The maximum absolute atomic E-state index is 14.0. The lowest BCUT2D eigenvalue weighted by Crippen LogP contribution is -2.46. The van der Waals surface area contributed by atoms with Crippen LogP contribution in [-0.4, -0.2) is 29.4 Å². The van der Waals surface area contributed by atoms with Crippen LogP contribution in [-0.2, 0) is 17.6 Å². The van der Waals surface area contributed by atoms with Gasteiger partial charge in [-0.05, 0) is 72.0 Å². The number of carbonyl (C=O) groups is 3. The number of aryl methyl sites for hydroxylation is 1.